The molecule has 4 N–H and O–H groups in total. The molecular weight excluding hydrogens is 596 g/mol. The third-order valence-corrected chi connectivity index (χ3v) is 8.12. The van der Waals surface area contributed by atoms with E-state index in [2.05, 4.69) is 27.8 Å². The van der Waals surface area contributed by atoms with Crippen molar-refractivity contribution >= 4 is 29.6 Å². The van der Waals surface area contributed by atoms with Crippen LogP contribution in [0.1, 0.15) is 25.7 Å². The Labute approximate surface area is 265 Å². The maximum absolute atomic E-state index is 12.0. The van der Waals surface area contributed by atoms with Crippen LogP contribution in [0.4, 0.5) is 4.79 Å². The molecule has 0 bridgehead atoms. The second kappa shape index (κ2) is 26.3. The Morgan fingerprint density at radius 3 is 1.70 bits per heavy atom. The van der Waals surface area contributed by atoms with E-state index in [4.69, 9.17) is 33.2 Å². The number of carbonyl (C=O) groups is 3. The van der Waals surface area contributed by atoms with Gasteiger partial charge in [-0.2, -0.15) is 11.8 Å². The number of fused-ring (bicyclic) bond motifs is 1. The largest absolute Gasteiger partial charge is 0.377 e. The molecule has 0 unspecified atom stereocenters. The van der Waals surface area contributed by atoms with Gasteiger partial charge in [0, 0.05) is 30.5 Å². The Bertz CT molecular complexity index is 797. The molecule has 2 heterocycles. The van der Waals surface area contributed by atoms with E-state index in [-0.39, 0.29) is 29.9 Å². The van der Waals surface area contributed by atoms with Crippen LogP contribution in [0.3, 0.4) is 0 Å². The molecule has 0 radical (unpaired) electrons. The number of ether oxygens (including phenoxy) is 7. The van der Waals surface area contributed by atoms with Crippen molar-refractivity contribution in [2.45, 2.75) is 43.0 Å². The molecule has 0 aromatic heterocycles. The molecule has 2 aliphatic rings. The average molecular weight is 649 g/mol. The van der Waals surface area contributed by atoms with Crippen molar-refractivity contribution in [1.29, 1.82) is 0 Å². The second-order valence-corrected chi connectivity index (χ2v) is 11.3. The molecule has 2 saturated heterocycles. The predicted molar refractivity (Wildman–Crippen MR) is 166 cm³/mol. The van der Waals surface area contributed by atoms with Gasteiger partial charge in [0.05, 0.1) is 105 Å². The summed E-state index contributed by atoms with van der Waals surface area (Å²) in [5, 5.41) is 11.9. The fourth-order valence-corrected chi connectivity index (χ4v) is 5.91. The highest BCUT2D eigenvalue weighted by atomic mass is 32.2. The Hall–Kier alpha value is -1.98. The lowest BCUT2D eigenvalue weighted by Gasteiger charge is -2.16. The highest BCUT2D eigenvalue weighted by molar-refractivity contribution is 8.00. The van der Waals surface area contributed by atoms with Crippen LogP contribution in [0.2, 0.25) is 0 Å². The molecule has 0 saturated carbocycles. The lowest BCUT2D eigenvalue weighted by molar-refractivity contribution is -0.121. The third-order valence-electron chi connectivity index (χ3n) is 6.61. The summed E-state index contributed by atoms with van der Waals surface area (Å²) in [7, 11) is 0. The Balaban J connectivity index is 1.19. The van der Waals surface area contributed by atoms with Gasteiger partial charge >= 0.3 is 6.03 Å². The Kier molecular flexibility index (Phi) is 22.8. The molecular formula is C29H52N4O10S. The molecule has 2 rings (SSSR count). The van der Waals surface area contributed by atoms with Crippen molar-refractivity contribution in [3.63, 3.8) is 0 Å². The maximum Gasteiger partial charge on any atom is 0.315 e. The minimum Gasteiger partial charge on any atom is -0.377 e. The second-order valence-electron chi connectivity index (χ2n) is 10.00. The molecule has 3 atom stereocenters. The van der Waals surface area contributed by atoms with Crippen LogP contribution < -0.4 is 21.3 Å². The molecule has 2 fully saturated rings. The Morgan fingerprint density at radius 1 is 0.727 bits per heavy atom. The van der Waals surface area contributed by atoms with Crippen LogP contribution in [0.15, 0.2) is 12.7 Å². The van der Waals surface area contributed by atoms with E-state index in [1.165, 1.54) is 6.08 Å². The summed E-state index contributed by atoms with van der Waals surface area (Å²) < 4.78 is 38.0. The van der Waals surface area contributed by atoms with E-state index < -0.39 is 0 Å². The monoisotopic (exact) mass is 648 g/mol. The summed E-state index contributed by atoms with van der Waals surface area (Å²) in [4.78, 5) is 34.4. The smallest absolute Gasteiger partial charge is 0.315 e. The van der Waals surface area contributed by atoms with Crippen molar-refractivity contribution in [3.05, 3.63) is 12.7 Å². The fraction of sp³-hybridized carbons (Fsp3) is 0.828. The zero-order chi connectivity index (χ0) is 31.5. The molecule has 44 heavy (non-hydrogen) atoms. The van der Waals surface area contributed by atoms with Crippen molar-refractivity contribution in [2.24, 2.45) is 0 Å². The molecule has 2 aliphatic heterocycles. The van der Waals surface area contributed by atoms with Crippen molar-refractivity contribution < 1.29 is 47.5 Å². The van der Waals surface area contributed by atoms with E-state index in [1.54, 1.807) is 0 Å². The molecule has 14 nitrogen and oxygen atoms in total. The maximum atomic E-state index is 12.0. The van der Waals surface area contributed by atoms with Gasteiger partial charge < -0.3 is 54.4 Å². The number of unbranched alkanes of at least 4 members (excludes halogenated alkanes) is 1. The number of rotatable bonds is 30. The Morgan fingerprint density at radius 2 is 1.20 bits per heavy atom. The van der Waals surface area contributed by atoms with E-state index in [9.17, 15) is 14.4 Å². The first-order chi connectivity index (χ1) is 21.6. The first-order valence-electron chi connectivity index (χ1n) is 15.5. The highest BCUT2D eigenvalue weighted by Crippen LogP contribution is 2.33. The molecule has 4 amide bonds. The number of amides is 4. The first-order valence-corrected chi connectivity index (χ1v) is 16.5. The van der Waals surface area contributed by atoms with Gasteiger partial charge in [-0.3, -0.25) is 9.59 Å². The number of urea groups is 1. The summed E-state index contributed by atoms with van der Waals surface area (Å²) >= 11 is 1.90. The summed E-state index contributed by atoms with van der Waals surface area (Å²) in [5.41, 5.74) is 0. The number of hydrogen-bond donors (Lipinski definition) is 4. The lowest BCUT2D eigenvalue weighted by atomic mass is 10.0. The van der Waals surface area contributed by atoms with Crippen LogP contribution in [-0.2, 0) is 42.7 Å². The van der Waals surface area contributed by atoms with Gasteiger partial charge in [0.1, 0.15) is 0 Å². The summed E-state index contributed by atoms with van der Waals surface area (Å²) in [6.07, 6.45) is 4.56. The lowest BCUT2D eigenvalue weighted by Crippen LogP contribution is -2.36. The minimum atomic E-state index is -0.213. The van der Waals surface area contributed by atoms with Gasteiger partial charge in [-0.25, -0.2) is 4.79 Å². The van der Waals surface area contributed by atoms with Gasteiger partial charge in [0.2, 0.25) is 11.8 Å². The van der Waals surface area contributed by atoms with Crippen LogP contribution in [0.5, 0.6) is 0 Å². The first kappa shape index (κ1) is 38.2. The van der Waals surface area contributed by atoms with E-state index in [0.717, 1.165) is 25.0 Å². The molecule has 15 heteroatoms. The normalized spacial score (nSPS) is 18.9. The minimum absolute atomic E-state index is 0.0417. The van der Waals surface area contributed by atoms with E-state index in [0.29, 0.717) is 117 Å². The van der Waals surface area contributed by atoms with Crippen LogP contribution >= 0.6 is 11.8 Å². The topological polar surface area (TPSA) is 164 Å². The van der Waals surface area contributed by atoms with Gasteiger partial charge in [0.15, 0.2) is 0 Å². The van der Waals surface area contributed by atoms with Gasteiger partial charge in [0.25, 0.3) is 0 Å². The molecule has 254 valence electrons. The molecule has 0 spiro atoms. The molecule has 0 aromatic carbocycles. The van der Waals surface area contributed by atoms with Gasteiger partial charge in [-0.15, -0.1) is 0 Å². The summed E-state index contributed by atoms with van der Waals surface area (Å²) in [6, 6.07) is 0.408. The van der Waals surface area contributed by atoms with Crippen LogP contribution in [-0.4, -0.2) is 147 Å². The van der Waals surface area contributed by atoms with Crippen molar-refractivity contribution in [3.8, 4) is 0 Å². The number of thioether (sulfide) groups is 1. The molecule has 0 aromatic rings. The quantitative estimate of drug-likeness (QED) is 0.0480. The highest BCUT2D eigenvalue weighted by Gasteiger charge is 2.42. The van der Waals surface area contributed by atoms with Crippen LogP contribution in [0.25, 0.3) is 0 Å². The third kappa shape index (κ3) is 19.4. The number of hydrogen-bond acceptors (Lipinski definition) is 11. The standard InChI is InChI=1S/C29H52N4O10S/c1-2-26(34)30-7-9-37-11-13-39-15-17-41-19-21-43-22-20-42-18-16-40-14-12-38-10-8-31-27(35)6-4-3-5-25-28-24(23-44-25)32-29(36)33-28/h2,24-25,28H,1,3-23H2,(H,30,34)(H,31,35)(H2,32,33,36)/t24-,25-,28-/m0/s1. The number of carbonyl (C=O) groups excluding carboxylic acids is 3. The SMILES string of the molecule is C=CC(=O)NCCOCCOCCOCCOCCOCCOCCOCCNC(=O)CCCC[C@@H]1SC[C@@H]2NC(=O)N[C@@H]21. The fourth-order valence-electron chi connectivity index (χ4n) is 4.37. The van der Waals surface area contributed by atoms with E-state index in [1.807, 2.05) is 11.8 Å². The van der Waals surface area contributed by atoms with Gasteiger partial charge in [-0.1, -0.05) is 13.0 Å². The van der Waals surface area contributed by atoms with Crippen molar-refractivity contribution in [1.82, 2.24) is 21.3 Å². The van der Waals surface area contributed by atoms with Gasteiger partial charge in [-0.05, 0) is 18.9 Å². The predicted octanol–water partition coefficient (Wildman–Crippen LogP) is 0.247. The van der Waals surface area contributed by atoms with Crippen molar-refractivity contribution in [2.75, 3.05) is 111 Å². The zero-order valence-electron chi connectivity index (χ0n) is 25.9. The van der Waals surface area contributed by atoms with E-state index >= 15 is 0 Å². The summed E-state index contributed by atoms with van der Waals surface area (Å²) in [5.74, 6) is 0.788. The summed E-state index contributed by atoms with van der Waals surface area (Å²) in [6.45, 7) is 10.9. The zero-order valence-corrected chi connectivity index (χ0v) is 26.7. The molecule has 0 aliphatic carbocycles. The average Bonchev–Trinajstić information content (AvgIpc) is 3.58. The number of nitrogens with one attached hydrogen (secondary N) is 4. The van der Waals surface area contributed by atoms with Crippen LogP contribution in [0, 0.1) is 0 Å².